The van der Waals surface area contributed by atoms with Crippen LogP contribution in [0.4, 0.5) is 0 Å². The summed E-state index contributed by atoms with van der Waals surface area (Å²) in [6, 6.07) is 11.2. The highest BCUT2D eigenvalue weighted by atomic mass is 79.9. The van der Waals surface area contributed by atoms with Crippen molar-refractivity contribution in [2.24, 2.45) is 0 Å². The predicted molar refractivity (Wildman–Crippen MR) is 94.2 cm³/mol. The predicted octanol–water partition coefficient (Wildman–Crippen LogP) is 1.89. The summed E-state index contributed by atoms with van der Waals surface area (Å²) in [6.45, 7) is 0.371. The van der Waals surface area contributed by atoms with Gasteiger partial charge in [-0.15, -0.1) is 0 Å². The van der Waals surface area contributed by atoms with Crippen LogP contribution < -0.4 is 19.5 Å². The van der Waals surface area contributed by atoms with Crippen molar-refractivity contribution in [3.63, 3.8) is 0 Å². The lowest BCUT2D eigenvalue weighted by Gasteiger charge is -2.08. The minimum Gasteiger partial charge on any atom is -0.454 e. The molecule has 2 aromatic carbocycles. The van der Waals surface area contributed by atoms with E-state index in [0.717, 1.165) is 4.47 Å². The second-order valence-corrected chi connectivity index (χ2v) is 7.86. The van der Waals surface area contributed by atoms with Gasteiger partial charge in [0.1, 0.15) is 0 Å². The monoisotopic (exact) mass is 426 g/mol. The number of ether oxygens (including phenoxy) is 2. The molecule has 0 atom stereocenters. The van der Waals surface area contributed by atoms with E-state index in [2.05, 4.69) is 26.0 Å². The van der Waals surface area contributed by atoms with Crippen LogP contribution in [0, 0.1) is 0 Å². The molecule has 1 heterocycles. The van der Waals surface area contributed by atoms with Gasteiger partial charge in [0.05, 0.1) is 4.90 Å². The Morgan fingerprint density at radius 1 is 1.04 bits per heavy atom. The van der Waals surface area contributed by atoms with Crippen LogP contribution in [-0.2, 0) is 10.0 Å². The number of benzene rings is 2. The van der Waals surface area contributed by atoms with E-state index in [9.17, 15) is 13.2 Å². The van der Waals surface area contributed by atoms with Gasteiger partial charge in [-0.05, 0) is 42.5 Å². The van der Waals surface area contributed by atoms with Crippen molar-refractivity contribution in [3.05, 3.63) is 52.5 Å². The van der Waals surface area contributed by atoms with Crippen LogP contribution in [0.3, 0.4) is 0 Å². The molecule has 1 amide bonds. The fourth-order valence-electron chi connectivity index (χ4n) is 2.20. The van der Waals surface area contributed by atoms with E-state index in [4.69, 9.17) is 9.47 Å². The number of amides is 1. The molecule has 0 bridgehead atoms. The fraction of sp³-hybridized carbons (Fsp3) is 0.188. The SMILES string of the molecule is O=C(NCCNS(=O)(=O)c1ccc(Br)cc1)c1ccc2c(c1)OCO2. The van der Waals surface area contributed by atoms with Gasteiger partial charge >= 0.3 is 0 Å². The quantitative estimate of drug-likeness (QED) is 0.687. The highest BCUT2D eigenvalue weighted by molar-refractivity contribution is 9.10. The zero-order chi connectivity index (χ0) is 17.9. The van der Waals surface area contributed by atoms with Crippen LogP contribution in [0.25, 0.3) is 0 Å². The summed E-state index contributed by atoms with van der Waals surface area (Å²) in [4.78, 5) is 12.3. The van der Waals surface area contributed by atoms with Crippen molar-refractivity contribution in [2.45, 2.75) is 4.90 Å². The number of fused-ring (bicyclic) bond motifs is 1. The van der Waals surface area contributed by atoms with Crippen molar-refractivity contribution >= 4 is 31.9 Å². The molecule has 0 fully saturated rings. The first-order chi connectivity index (χ1) is 12.0. The summed E-state index contributed by atoms with van der Waals surface area (Å²) >= 11 is 3.25. The van der Waals surface area contributed by atoms with E-state index in [-0.39, 0.29) is 30.7 Å². The first-order valence-corrected chi connectivity index (χ1v) is 9.66. The molecule has 0 unspecified atom stereocenters. The summed E-state index contributed by atoms with van der Waals surface area (Å²) in [6.07, 6.45) is 0. The Kier molecular flexibility index (Phi) is 5.26. The first-order valence-electron chi connectivity index (χ1n) is 7.39. The largest absolute Gasteiger partial charge is 0.454 e. The molecule has 1 aliphatic heterocycles. The Morgan fingerprint density at radius 3 is 2.52 bits per heavy atom. The van der Waals surface area contributed by atoms with Gasteiger partial charge in [0.15, 0.2) is 11.5 Å². The third-order valence-electron chi connectivity index (χ3n) is 3.46. The molecule has 7 nitrogen and oxygen atoms in total. The Bertz CT molecular complexity index is 884. The van der Waals surface area contributed by atoms with E-state index < -0.39 is 10.0 Å². The van der Waals surface area contributed by atoms with Crippen LogP contribution in [0.15, 0.2) is 51.8 Å². The maximum Gasteiger partial charge on any atom is 0.251 e. The molecule has 132 valence electrons. The van der Waals surface area contributed by atoms with Crippen molar-refractivity contribution < 1.29 is 22.7 Å². The van der Waals surface area contributed by atoms with E-state index in [1.165, 1.54) is 12.1 Å². The molecule has 0 radical (unpaired) electrons. The molecule has 3 rings (SSSR count). The Balaban J connectivity index is 1.51. The zero-order valence-electron chi connectivity index (χ0n) is 13.0. The number of halogens is 1. The molecule has 2 N–H and O–H groups in total. The minimum atomic E-state index is -3.61. The number of hydrogen-bond acceptors (Lipinski definition) is 5. The molecule has 0 spiro atoms. The molecule has 0 saturated heterocycles. The third kappa shape index (κ3) is 4.30. The molecule has 0 aliphatic carbocycles. The zero-order valence-corrected chi connectivity index (χ0v) is 15.4. The van der Waals surface area contributed by atoms with E-state index >= 15 is 0 Å². The van der Waals surface area contributed by atoms with Crippen LogP contribution in [0.2, 0.25) is 0 Å². The Hall–Kier alpha value is -2.10. The maximum absolute atomic E-state index is 12.1. The lowest BCUT2D eigenvalue weighted by Crippen LogP contribution is -2.34. The normalized spacial score (nSPS) is 12.8. The third-order valence-corrected chi connectivity index (χ3v) is 5.47. The van der Waals surface area contributed by atoms with E-state index in [1.807, 2.05) is 0 Å². The second-order valence-electron chi connectivity index (χ2n) is 5.18. The van der Waals surface area contributed by atoms with Gasteiger partial charge in [0.2, 0.25) is 16.8 Å². The van der Waals surface area contributed by atoms with Gasteiger partial charge in [-0.25, -0.2) is 13.1 Å². The highest BCUT2D eigenvalue weighted by Gasteiger charge is 2.16. The number of rotatable bonds is 6. The minimum absolute atomic E-state index is 0.0781. The molecule has 9 heteroatoms. The number of hydrogen-bond donors (Lipinski definition) is 2. The molecular formula is C16H15BrN2O5S. The van der Waals surface area contributed by atoms with Gasteiger partial charge in [-0.1, -0.05) is 15.9 Å². The van der Waals surface area contributed by atoms with Gasteiger partial charge in [-0.2, -0.15) is 0 Å². The van der Waals surface area contributed by atoms with Gasteiger partial charge in [0, 0.05) is 23.1 Å². The lowest BCUT2D eigenvalue weighted by molar-refractivity contribution is 0.0954. The Labute approximate surface area is 153 Å². The van der Waals surface area contributed by atoms with Gasteiger partial charge < -0.3 is 14.8 Å². The number of nitrogens with one attached hydrogen (secondary N) is 2. The van der Waals surface area contributed by atoms with Crippen LogP contribution in [0.1, 0.15) is 10.4 Å². The van der Waals surface area contributed by atoms with Crippen molar-refractivity contribution in [2.75, 3.05) is 19.9 Å². The van der Waals surface area contributed by atoms with Gasteiger partial charge in [-0.3, -0.25) is 4.79 Å². The molecule has 0 saturated carbocycles. The van der Waals surface area contributed by atoms with Crippen LogP contribution in [0.5, 0.6) is 11.5 Å². The summed E-state index contributed by atoms with van der Waals surface area (Å²) in [5.41, 5.74) is 0.417. The topological polar surface area (TPSA) is 93.7 Å². The van der Waals surface area contributed by atoms with Crippen molar-refractivity contribution in [3.8, 4) is 11.5 Å². The fourth-order valence-corrected chi connectivity index (χ4v) is 3.49. The number of sulfonamides is 1. The lowest BCUT2D eigenvalue weighted by atomic mass is 10.2. The summed E-state index contributed by atoms with van der Waals surface area (Å²) in [5, 5.41) is 2.65. The first kappa shape index (κ1) is 17.7. The average molecular weight is 427 g/mol. The van der Waals surface area contributed by atoms with E-state index in [1.54, 1.807) is 30.3 Å². The average Bonchev–Trinajstić information content (AvgIpc) is 3.06. The standard InChI is InChI=1S/C16H15BrN2O5S/c17-12-2-4-13(5-3-12)25(21,22)19-8-7-18-16(20)11-1-6-14-15(9-11)24-10-23-14/h1-6,9,19H,7-8,10H2,(H,18,20). The molecule has 2 aromatic rings. The number of carbonyl (C=O) groups excluding carboxylic acids is 1. The summed E-state index contributed by atoms with van der Waals surface area (Å²) < 4.78 is 37.9. The molecule has 0 aromatic heterocycles. The highest BCUT2D eigenvalue weighted by Crippen LogP contribution is 2.32. The number of carbonyl (C=O) groups is 1. The summed E-state index contributed by atoms with van der Waals surface area (Å²) in [5.74, 6) is 0.795. The second kappa shape index (κ2) is 7.42. The smallest absolute Gasteiger partial charge is 0.251 e. The van der Waals surface area contributed by atoms with E-state index in [0.29, 0.717) is 17.1 Å². The van der Waals surface area contributed by atoms with Crippen molar-refractivity contribution in [1.82, 2.24) is 10.0 Å². The molecule has 1 aliphatic rings. The van der Waals surface area contributed by atoms with Crippen LogP contribution in [-0.4, -0.2) is 34.2 Å². The maximum atomic E-state index is 12.1. The van der Waals surface area contributed by atoms with Gasteiger partial charge in [0.25, 0.3) is 5.91 Å². The molecular weight excluding hydrogens is 412 g/mol. The van der Waals surface area contributed by atoms with Crippen LogP contribution >= 0.6 is 15.9 Å². The molecule has 25 heavy (non-hydrogen) atoms. The van der Waals surface area contributed by atoms with Crippen molar-refractivity contribution in [1.29, 1.82) is 0 Å². The Morgan fingerprint density at radius 2 is 1.76 bits per heavy atom. The summed E-state index contributed by atoms with van der Waals surface area (Å²) in [7, 11) is -3.61.